The maximum absolute atomic E-state index is 11.7. The predicted molar refractivity (Wildman–Crippen MR) is 66.5 cm³/mol. The van der Waals surface area contributed by atoms with Gasteiger partial charge in [0.1, 0.15) is 6.61 Å². The summed E-state index contributed by atoms with van der Waals surface area (Å²) in [6.45, 7) is 6.63. The summed E-state index contributed by atoms with van der Waals surface area (Å²) in [7, 11) is 1.80. The summed E-state index contributed by atoms with van der Waals surface area (Å²) in [5.41, 5.74) is -0.264. The van der Waals surface area contributed by atoms with E-state index in [-0.39, 0.29) is 18.1 Å². The third kappa shape index (κ3) is 4.77. The highest BCUT2D eigenvalue weighted by Gasteiger charge is 2.15. The Morgan fingerprint density at radius 3 is 2.69 bits per heavy atom. The van der Waals surface area contributed by atoms with Crippen LogP contribution in [0.2, 0.25) is 0 Å². The zero-order valence-electron chi connectivity index (χ0n) is 10.3. The Morgan fingerprint density at radius 2 is 2.19 bits per heavy atom. The Hall–Kier alpha value is -0.870. The van der Waals surface area contributed by atoms with E-state index in [1.807, 2.05) is 38.3 Å². The minimum atomic E-state index is -0.264. The minimum Gasteiger partial charge on any atom is -0.366 e. The second-order valence-corrected chi connectivity index (χ2v) is 5.76. The van der Waals surface area contributed by atoms with Crippen LogP contribution < -0.4 is 0 Å². The van der Waals surface area contributed by atoms with Crippen molar-refractivity contribution in [1.82, 2.24) is 4.90 Å². The van der Waals surface area contributed by atoms with Gasteiger partial charge in [-0.25, -0.2) is 0 Å². The maximum atomic E-state index is 11.7. The molecule has 0 unspecified atom stereocenters. The molecule has 0 aliphatic heterocycles. The van der Waals surface area contributed by atoms with E-state index in [9.17, 15) is 4.79 Å². The van der Waals surface area contributed by atoms with Crippen molar-refractivity contribution in [2.24, 2.45) is 0 Å². The second-order valence-electron chi connectivity index (χ2n) is 4.73. The number of carbonyl (C=O) groups excluding carboxylic acids is 1. The summed E-state index contributed by atoms with van der Waals surface area (Å²) in [5.74, 6) is 0.0170. The molecule has 1 aromatic heterocycles. The molecule has 4 heteroatoms. The lowest BCUT2D eigenvalue weighted by molar-refractivity contribution is -0.140. The average molecular weight is 241 g/mol. The van der Waals surface area contributed by atoms with Crippen molar-refractivity contribution in [2.45, 2.75) is 32.9 Å². The smallest absolute Gasteiger partial charge is 0.248 e. The minimum absolute atomic E-state index is 0.0170. The van der Waals surface area contributed by atoms with Gasteiger partial charge in [0.05, 0.1) is 12.1 Å². The highest BCUT2D eigenvalue weighted by Crippen LogP contribution is 2.12. The fourth-order valence-electron chi connectivity index (χ4n) is 1.11. The number of nitrogens with zero attached hydrogens (tertiary/aromatic N) is 1. The first-order valence-corrected chi connectivity index (χ1v) is 6.17. The highest BCUT2D eigenvalue weighted by atomic mass is 32.1. The number of thiophene rings is 1. The third-order valence-electron chi connectivity index (χ3n) is 2.03. The van der Waals surface area contributed by atoms with Gasteiger partial charge in [-0.3, -0.25) is 4.79 Å². The summed E-state index contributed by atoms with van der Waals surface area (Å²) in [4.78, 5) is 14.6. The van der Waals surface area contributed by atoms with E-state index in [2.05, 4.69) is 0 Å². The summed E-state index contributed by atoms with van der Waals surface area (Å²) < 4.78 is 5.44. The standard InChI is InChI=1S/C12H19NO2S/c1-12(2,3)15-9-11(14)13(4)8-10-6-5-7-16-10/h5-7H,8-9H2,1-4H3. The van der Waals surface area contributed by atoms with Crippen molar-refractivity contribution in [3.05, 3.63) is 22.4 Å². The average Bonchev–Trinajstić information content (AvgIpc) is 2.65. The molecule has 1 heterocycles. The molecule has 0 atom stereocenters. The Morgan fingerprint density at radius 1 is 1.50 bits per heavy atom. The van der Waals surface area contributed by atoms with Crippen LogP contribution in [0.3, 0.4) is 0 Å². The van der Waals surface area contributed by atoms with Crippen LogP contribution >= 0.6 is 11.3 Å². The van der Waals surface area contributed by atoms with Crippen molar-refractivity contribution in [1.29, 1.82) is 0 Å². The Bertz CT molecular complexity index is 327. The molecule has 90 valence electrons. The van der Waals surface area contributed by atoms with E-state index in [0.29, 0.717) is 6.54 Å². The van der Waals surface area contributed by atoms with Crippen LogP contribution in [-0.2, 0) is 16.1 Å². The van der Waals surface area contributed by atoms with E-state index in [1.54, 1.807) is 23.3 Å². The quantitative estimate of drug-likeness (QED) is 0.810. The van der Waals surface area contributed by atoms with Gasteiger partial charge < -0.3 is 9.64 Å². The van der Waals surface area contributed by atoms with Gasteiger partial charge in [0.15, 0.2) is 0 Å². The number of amides is 1. The lowest BCUT2D eigenvalue weighted by atomic mass is 10.2. The molecular formula is C12H19NO2S. The van der Waals surface area contributed by atoms with Crippen LogP contribution in [0.1, 0.15) is 25.6 Å². The zero-order chi connectivity index (χ0) is 12.2. The normalized spacial score (nSPS) is 11.5. The topological polar surface area (TPSA) is 29.5 Å². The van der Waals surface area contributed by atoms with Crippen LogP contribution in [0.5, 0.6) is 0 Å². The van der Waals surface area contributed by atoms with Crippen molar-refractivity contribution in [2.75, 3.05) is 13.7 Å². The largest absolute Gasteiger partial charge is 0.366 e. The molecule has 0 N–H and O–H groups in total. The van der Waals surface area contributed by atoms with Crippen LogP contribution in [0.4, 0.5) is 0 Å². The summed E-state index contributed by atoms with van der Waals surface area (Å²) in [5, 5.41) is 2.01. The first kappa shape index (κ1) is 13.2. The lowest BCUT2D eigenvalue weighted by Gasteiger charge is -2.22. The number of ether oxygens (including phenoxy) is 1. The number of carbonyl (C=O) groups is 1. The second kappa shape index (κ2) is 5.46. The SMILES string of the molecule is CN(Cc1cccs1)C(=O)COC(C)(C)C. The van der Waals surface area contributed by atoms with Crippen LogP contribution in [0, 0.1) is 0 Å². The molecule has 0 aliphatic rings. The highest BCUT2D eigenvalue weighted by molar-refractivity contribution is 7.09. The van der Waals surface area contributed by atoms with E-state index < -0.39 is 0 Å². The molecule has 1 aromatic rings. The van der Waals surface area contributed by atoms with Crippen LogP contribution in [0.15, 0.2) is 17.5 Å². The molecule has 0 radical (unpaired) electrons. The molecular weight excluding hydrogens is 222 g/mol. The van der Waals surface area contributed by atoms with Crippen molar-refractivity contribution in [3.63, 3.8) is 0 Å². The molecule has 0 fully saturated rings. The van der Waals surface area contributed by atoms with E-state index >= 15 is 0 Å². The van der Waals surface area contributed by atoms with Crippen molar-refractivity contribution >= 4 is 17.2 Å². The Balaban J connectivity index is 2.37. The molecule has 0 aromatic carbocycles. The fourth-order valence-corrected chi connectivity index (χ4v) is 1.87. The van der Waals surface area contributed by atoms with Crippen molar-refractivity contribution in [3.8, 4) is 0 Å². The van der Waals surface area contributed by atoms with Gasteiger partial charge in [0.2, 0.25) is 5.91 Å². The number of hydrogen-bond donors (Lipinski definition) is 0. The van der Waals surface area contributed by atoms with Crippen molar-refractivity contribution < 1.29 is 9.53 Å². The maximum Gasteiger partial charge on any atom is 0.248 e. The van der Waals surface area contributed by atoms with Crippen LogP contribution in [-0.4, -0.2) is 30.1 Å². The van der Waals surface area contributed by atoms with Gasteiger partial charge in [-0.2, -0.15) is 0 Å². The molecule has 0 bridgehead atoms. The van der Waals surface area contributed by atoms with E-state index in [1.165, 1.54) is 4.88 Å². The first-order chi connectivity index (χ1) is 7.38. The third-order valence-corrected chi connectivity index (χ3v) is 2.89. The number of likely N-dealkylation sites (N-methyl/N-ethyl adjacent to an activating group) is 1. The Kier molecular flexibility index (Phi) is 4.50. The molecule has 0 saturated carbocycles. The molecule has 1 amide bonds. The molecule has 1 rings (SSSR count). The van der Waals surface area contributed by atoms with Gasteiger partial charge in [-0.15, -0.1) is 11.3 Å². The summed E-state index contributed by atoms with van der Waals surface area (Å²) >= 11 is 1.66. The van der Waals surface area contributed by atoms with E-state index in [4.69, 9.17) is 4.74 Å². The molecule has 0 saturated heterocycles. The zero-order valence-corrected chi connectivity index (χ0v) is 11.1. The van der Waals surface area contributed by atoms with Gasteiger partial charge in [-0.05, 0) is 32.2 Å². The van der Waals surface area contributed by atoms with Crippen LogP contribution in [0.25, 0.3) is 0 Å². The number of hydrogen-bond acceptors (Lipinski definition) is 3. The van der Waals surface area contributed by atoms with Gasteiger partial charge in [-0.1, -0.05) is 6.07 Å². The molecule has 16 heavy (non-hydrogen) atoms. The lowest BCUT2D eigenvalue weighted by Crippen LogP contribution is -2.33. The molecule has 3 nitrogen and oxygen atoms in total. The molecule has 0 aliphatic carbocycles. The number of rotatable bonds is 4. The summed E-state index contributed by atoms with van der Waals surface area (Å²) in [6.07, 6.45) is 0. The van der Waals surface area contributed by atoms with Gasteiger partial charge in [0, 0.05) is 11.9 Å². The summed E-state index contributed by atoms with van der Waals surface area (Å²) in [6, 6.07) is 4.02. The van der Waals surface area contributed by atoms with E-state index in [0.717, 1.165) is 0 Å². The fraction of sp³-hybridized carbons (Fsp3) is 0.583. The predicted octanol–water partition coefficient (Wildman–Crippen LogP) is 2.52. The monoisotopic (exact) mass is 241 g/mol. The first-order valence-electron chi connectivity index (χ1n) is 5.29. The van der Waals surface area contributed by atoms with Gasteiger partial charge in [0.25, 0.3) is 0 Å². The van der Waals surface area contributed by atoms with Gasteiger partial charge >= 0.3 is 0 Å². The molecule has 0 spiro atoms. The Labute approximate surface area is 101 Å².